The maximum Gasteiger partial charge on any atom is 0.271 e. The Labute approximate surface area is 108 Å². The van der Waals surface area contributed by atoms with Crippen LogP contribution in [0.2, 0.25) is 0 Å². The molecule has 7 heteroatoms. The number of nitro groups is 1. The molecule has 0 saturated heterocycles. The van der Waals surface area contributed by atoms with Crippen molar-refractivity contribution in [1.82, 2.24) is 10.4 Å². The smallest absolute Gasteiger partial charge is 0.271 e. The fraction of sp³-hybridized carbons (Fsp3) is 0. The average molecular weight is 258 g/mol. The molecular formula is C12H10N4O3. The highest BCUT2D eigenvalue weighted by molar-refractivity contribution is 5.94. The summed E-state index contributed by atoms with van der Waals surface area (Å²) < 4.78 is 0. The molecule has 2 rings (SSSR count). The molecule has 0 unspecified atom stereocenters. The van der Waals surface area contributed by atoms with E-state index < -0.39 is 4.92 Å². The highest BCUT2D eigenvalue weighted by Crippen LogP contribution is 2.14. The summed E-state index contributed by atoms with van der Waals surface area (Å²) >= 11 is 0. The van der Waals surface area contributed by atoms with E-state index in [0.717, 1.165) is 0 Å². The van der Waals surface area contributed by atoms with Crippen LogP contribution in [0, 0.1) is 10.1 Å². The molecule has 0 aliphatic rings. The minimum Gasteiger partial charge on any atom is -0.298 e. The zero-order valence-corrected chi connectivity index (χ0v) is 9.74. The van der Waals surface area contributed by atoms with E-state index in [1.54, 1.807) is 18.3 Å². The molecule has 7 nitrogen and oxygen atoms in total. The van der Waals surface area contributed by atoms with Gasteiger partial charge >= 0.3 is 0 Å². The lowest BCUT2D eigenvalue weighted by Crippen LogP contribution is -2.29. The molecule has 0 atom stereocenters. The van der Waals surface area contributed by atoms with E-state index in [0.29, 0.717) is 11.3 Å². The number of nitrogens with zero attached hydrogens (tertiary/aromatic N) is 2. The number of hydrogen-bond donors (Lipinski definition) is 2. The Hall–Kier alpha value is -2.96. The van der Waals surface area contributed by atoms with Crippen LogP contribution in [-0.2, 0) is 0 Å². The number of anilines is 1. The lowest BCUT2D eigenvalue weighted by atomic mass is 10.3. The van der Waals surface area contributed by atoms with Crippen molar-refractivity contribution in [3.05, 3.63) is 64.5 Å². The van der Waals surface area contributed by atoms with Gasteiger partial charge in [-0.25, -0.2) is 0 Å². The first kappa shape index (κ1) is 12.5. The summed E-state index contributed by atoms with van der Waals surface area (Å²) in [6.07, 6.45) is 3.01. The Kier molecular flexibility index (Phi) is 3.67. The first-order valence-corrected chi connectivity index (χ1v) is 5.37. The Morgan fingerprint density at radius 3 is 2.53 bits per heavy atom. The molecule has 1 heterocycles. The number of rotatable bonds is 4. The second-order valence-corrected chi connectivity index (χ2v) is 3.62. The van der Waals surface area contributed by atoms with E-state index in [4.69, 9.17) is 0 Å². The van der Waals surface area contributed by atoms with Crippen LogP contribution in [0.25, 0.3) is 0 Å². The number of nitrogens with one attached hydrogen (secondary N) is 2. The zero-order valence-electron chi connectivity index (χ0n) is 9.74. The molecule has 0 spiro atoms. The molecule has 0 bridgehead atoms. The largest absolute Gasteiger partial charge is 0.298 e. The molecule has 19 heavy (non-hydrogen) atoms. The van der Waals surface area contributed by atoms with Crippen molar-refractivity contribution in [3.63, 3.8) is 0 Å². The summed E-state index contributed by atoms with van der Waals surface area (Å²) in [5.41, 5.74) is 6.07. The van der Waals surface area contributed by atoms with Crippen molar-refractivity contribution in [2.24, 2.45) is 0 Å². The quantitative estimate of drug-likeness (QED) is 0.643. The summed E-state index contributed by atoms with van der Waals surface area (Å²) in [4.78, 5) is 25.5. The van der Waals surface area contributed by atoms with Crippen LogP contribution in [0.15, 0.2) is 48.8 Å². The van der Waals surface area contributed by atoms with Crippen LogP contribution in [0.3, 0.4) is 0 Å². The molecule has 0 aliphatic carbocycles. The van der Waals surface area contributed by atoms with Gasteiger partial charge in [0.25, 0.3) is 11.6 Å². The molecule has 0 aliphatic heterocycles. The van der Waals surface area contributed by atoms with Gasteiger partial charge in [-0.2, -0.15) is 0 Å². The monoisotopic (exact) mass is 258 g/mol. The summed E-state index contributed by atoms with van der Waals surface area (Å²) in [7, 11) is 0. The fourth-order valence-corrected chi connectivity index (χ4v) is 1.36. The lowest BCUT2D eigenvalue weighted by molar-refractivity contribution is -0.384. The van der Waals surface area contributed by atoms with Crippen molar-refractivity contribution in [1.29, 1.82) is 0 Å². The number of hydrazine groups is 1. The molecular weight excluding hydrogens is 248 g/mol. The third-order valence-corrected chi connectivity index (χ3v) is 2.32. The van der Waals surface area contributed by atoms with Gasteiger partial charge in [-0.15, -0.1) is 0 Å². The van der Waals surface area contributed by atoms with Crippen LogP contribution in [-0.4, -0.2) is 15.8 Å². The summed E-state index contributed by atoms with van der Waals surface area (Å²) in [6.45, 7) is 0. The summed E-state index contributed by atoms with van der Waals surface area (Å²) in [5, 5.41) is 10.5. The first-order chi connectivity index (χ1) is 9.16. The molecule has 2 N–H and O–H groups in total. The van der Waals surface area contributed by atoms with Crippen LogP contribution in [0.4, 0.5) is 11.4 Å². The van der Waals surface area contributed by atoms with Gasteiger partial charge in [0.05, 0.1) is 16.2 Å². The molecule has 0 saturated carbocycles. The number of pyridine rings is 1. The standard InChI is InChI=1S/C12H10N4O3/c17-12(9-2-1-7-13-8-9)15-14-10-3-5-11(6-4-10)16(18)19/h1-8,14H,(H,15,17). The maximum atomic E-state index is 11.7. The van der Waals surface area contributed by atoms with Gasteiger partial charge in [0.15, 0.2) is 0 Å². The average Bonchev–Trinajstić information content (AvgIpc) is 2.46. The third-order valence-electron chi connectivity index (χ3n) is 2.32. The van der Waals surface area contributed by atoms with Gasteiger partial charge in [0.2, 0.25) is 0 Å². The predicted octanol–water partition coefficient (Wildman–Crippen LogP) is 1.75. The molecule has 0 radical (unpaired) electrons. The van der Waals surface area contributed by atoms with Gasteiger partial charge in [-0.1, -0.05) is 0 Å². The maximum absolute atomic E-state index is 11.7. The van der Waals surface area contributed by atoms with E-state index in [1.165, 1.54) is 30.5 Å². The van der Waals surface area contributed by atoms with E-state index >= 15 is 0 Å². The Bertz CT molecular complexity index is 584. The fourth-order valence-electron chi connectivity index (χ4n) is 1.36. The third kappa shape index (κ3) is 3.25. The zero-order chi connectivity index (χ0) is 13.7. The Balaban J connectivity index is 1.95. The molecule has 1 amide bonds. The number of non-ortho nitro benzene ring substituents is 1. The molecule has 1 aromatic heterocycles. The molecule has 96 valence electrons. The highest BCUT2D eigenvalue weighted by atomic mass is 16.6. The number of amides is 1. The topological polar surface area (TPSA) is 97.2 Å². The van der Waals surface area contributed by atoms with Crippen LogP contribution in [0.1, 0.15) is 10.4 Å². The van der Waals surface area contributed by atoms with Crippen molar-refractivity contribution >= 4 is 17.3 Å². The van der Waals surface area contributed by atoms with E-state index in [1.807, 2.05) is 0 Å². The lowest BCUT2D eigenvalue weighted by Gasteiger charge is -2.07. The first-order valence-electron chi connectivity index (χ1n) is 5.37. The Morgan fingerprint density at radius 2 is 1.95 bits per heavy atom. The van der Waals surface area contributed by atoms with E-state index in [-0.39, 0.29) is 11.6 Å². The minimum atomic E-state index is -0.488. The summed E-state index contributed by atoms with van der Waals surface area (Å²) in [6, 6.07) is 8.97. The van der Waals surface area contributed by atoms with Crippen LogP contribution >= 0.6 is 0 Å². The highest BCUT2D eigenvalue weighted by Gasteiger charge is 2.06. The van der Waals surface area contributed by atoms with E-state index in [2.05, 4.69) is 15.8 Å². The minimum absolute atomic E-state index is 0.0101. The van der Waals surface area contributed by atoms with Gasteiger partial charge in [0, 0.05) is 24.5 Å². The number of carbonyl (C=O) groups is 1. The second-order valence-electron chi connectivity index (χ2n) is 3.62. The molecule has 2 aromatic rings. The van der Waals surface area contributed by atoms with Crippen molar-refractivity contribution < 1.29 is 9.72 Å². The van der Waals surface area contributed by atoms with Gasteiger partial charge in [0.1, 0.15) is 0 Å². The number of nitro benzene ring substituents is 1. The number of hydrogen-bond acceptors (Lipinski definition) is 5. The van der Waals surface area contributed by atoms with Crippen LogP contribution < -0.4 is 10.9 Å². The normalized spacial score (nSPS) is 9.68. The summed E-state index contributed by atoms with van der Waals surface area (Å²) in [5.74, 6) is -0.341. The van der Waals surface area contributed by atoms with E-state index in [9.17, 15) is 14.9 Å². The number of benzene rings is 1. The van der Waals surface area contributed by atoms with Crippen LogP contribution in [0.5, 0.6) is 0 Å². The van der Waals surface area contributed by atoms with Gasteiger partial charge < -0.3 is 0 Å². The second kappa shape index (κ2) is 5.58. The SMILES string of the molecule is O=C(NNc1ccc([N+](=O)[O-])cc1)c1cccnc1. The van der Waals surface area contributed by atoms with Crippen molar-refractivity contribution in [2.75, 3.05) is 5.43 Å². The molecule has 1 aromatic carbocycles. The van der Waals surface area contributed by atoms with Gasteiger partial charge in [-0.3, -0.25) is 30.7 Å². The van der Waals surface area contributed by atoms with Crippen molar-refractivity contribution in [2.45, 2.75) is 0 Å². The van der Waals surface area contributed by atoms with Crippen molar-refractivity contribution in [3.8, 4) is 0 Å². The molecule has 0 fully saturated rings. The predicted molar refractivity (Wildman–Crippen MR) is 68.4 cm³/mol. The number of carbonyl (C=O) groups excluding carboxylic acids is 1. The Morgan fingerprint density at radius 1 is 1.21 bits per heavy atom. The number of aromatic nitrogens is 1. The van der Waals surface area contributed by atoms with Gasteiger partial charge in [-0.05, 0) is 24.3 Å².